The van der Waals surface area contributed by atoms with Crippen molar-refractivity contribution in [3.8, 4) is 0 Å². The number of hydrogen-bond donors (Lipinski definition) is 12. The standard InChI is InChI=1S/C7H10O6.C7H10O5.C7H8O5.C7H6O2.C7H8.C6H8O7.C6H6.4CO2/c1-4(8)2-7(13,6(11)12)3-5(9)10;2*1-4(8)2-5(7(11)12)3-6(9)10;8-7(9)6-4-2-1-3-5-6;1-7-5-3-2-4-6-7;7-3(8)1-2(5(10)11)4(9)6(12)13;1-2-4-6-5-3-1;4*2-1-3/h13H,2-3H2,1H3,(H,9,10)(H,11,12);5H,2-3H2,1H3,(H,9,10)(H,11,12);3H,2H2,1H3,(H,9,10)(H,11,12);1-5H,(H,8,9);2-6H,1H3;2,4,9H,1H2,(H,7,8)(H,10,11)(H,12,13);1-6H;;;;/b;;5-3-;;;;;;;;. The van der Waals surface area contributed by atoms with E-state index in [0.717, 1.165) is 6.92 Å². The van der Waals surface area contributed by atoms with Crippen LogP contribution in [0.1, 0.15) is 75.2 Å². The molecule has 0 spiro atoms. The number of aryl methyl sites for hydroxylation is 1. The molecule has 0 bridgehead atoms. The van der Waals surface area contributed by atoms with E-state index in [4.69, 9.17) is 94.5 Å². The van der Waals surface area contributed by atoms with Crippen LogP contribution in [-0.4, -0.2) is 175 Å². The summed E-state index contributed by atoms with van der Waals surface area (Å²) < 4.78 is 0. The molecule has 0 fully saturated rings. The first-order chi connectivity index (χ1) is 38.9. The van der Waals surface area contributed by atoms with Gasteiger partial charge in [0.05, 0.1) is 36.3 Å². The summed E-state index contributed by atoms with van der Waals surface area (Å²) in [6.07, 6.45) is -4.38. The van der Waals surface area contributed by atoms with Gasteiger partial charge in [-0.2, -0.15) is 38.4 Å². The Hall–Kier alpha value is -11.5. The van der Waals surface area contributed by atoms with E-state index in [1.807, 2.05) is 54.6 Å². The minimum Gasteiger partial charge on any atom is -0.481 e. The maximum absolute atomic E-state index is 10.5. The number of aliphatic hydroxyl groups excluding tert-OH is 1. The Morgan fingerprint density at radius 2 is 0.821 bits per heavy atom. The lowest BCUT2D eigenvalue weighted by molar-refractivity contribution is -0.193. The van der Waals surface area contributed by atoms with Crippen LogP contribution in [-0.2, 0) is 95.9 Å². The molecule has 3 aromatic carbocycles. The highest BCUT2D eigenvalue weighted by Gasteiger charge is 2.39. The third kappa shape index (κ3) is 68.6. The van der Waals surface area contributed by atoms with Crippen molar-refractivity contribution >= 4 is 102 Å². The Kier molecular flexibility index (Phi) is 61.2. The van der Waals surface area contributed by atoms with Crippen LogP contribution in [0, 0.1) is 18.8 Å². The van der Waals surface area contributed by atoms with Gasteiger partial charge in [0.15, 0.2) is 11.7 Å². The predicted octanol–water partition coefficient (Wildman–Crippen LogP) is 0.798. The van der Waals surface area contributed by atoms with Gasteiger partial charge in [-0.1, -0.05) is 90.5 Å². The van der Waals surface area contributed by atoms with Crippen LogP contribution in [0.15, 0.2) is 109 Å². The second-order valence-corrected chi connectivity index (χ2v) is 14.7. The Balaban J connectivity index is -0.000000130. The molecule has 0 saturated heterocycles. The predicted molar refractivity (Wildman–Crippen MR) is 266 cm³/mol. The molecule has 0 amide bonds. The first kappa shape index (κ1) is 89.1. The van der Waals surface area contributed by atoms with E-state index in [2.05, 4.69) is 19.1 Å². The van der Waals surface area contributed by atoms with Gasteiger partial charge in [0.25, 0.3) is 0 Å². The van der Waals surface area contributed by atoms with E-state index >= 15 is 0 Å². The topological polar surface area (TPSA) is 601 Å². The summed E-state index contributed by atoms with van der Waals surface area (Å²) in [6.45, 7) is 5.59. The Labute approximate surface area is 472 Å². The van der Waals surface area contributed by atoms with Gasteiger partial charge in [0.2, 0.25) is 0 Å². The minimum absolute atomic E-state index is 0.221. The second-order valence-electron chi connectivity index (χ2n) is 14.7. The fourth-order valence-corrected chi connectivity index (χ4v) is 4.48. The van der Waals surface area contributed by atoms with Crippen LogP contribution in [0.25, 0.3) is 0 Å². The van der Waals surface area contributed by atoms with Crippen molar-refractivity contribution in [2.45, 2.75) is 77.9 Å². The summed E-state index contributed by atoms with van der Waals surface area (Å²) in [7, 11) is 0. The molecule has 4 unspecified atom stereocenters. The van der Waals surface area contributed by atoms with Crippen molar-refractivity contribution < 1.29 is 162 Å². The smallest absolute Gasteiger partial charge is 0.373 e. The van der Waals surface area contributed by atoms with Gasteiger partial charge < -0.3 is 66.1 Å². The quantitative estimate of drug-likeness (QED) is 0.0696. The van der Waals surface area contributed by atoms with Crippen LogP contribution in [0.3, 0.4) is 0 Å². The van der Waals surface area contributed by atoms with Gasteiger partial charge in [-0.15, -0.1) is 0 Å². The van der Waals surface area contributed by atoms with Crippen LogP contribution in [0.4, 0.5) is 0 Å². The molecule has 0 saturated carbocycles. The van der Waals surface area contributed by atoms with Crippen LogP contribution in [0.5, 0.6) is 0 Å². The number of Topliss-reactive ketones (excluding diaryl/α,β-unsaturated/α-hetero) is 3. The summed E-state index contributed by atoms with van der Waals surface area (Å²) in [4.78, 5) is 199. The van der Waals surface area contributed by atoms with Gasteiger partial charge >= 0.3 is 84.3 Å². The fourth-order valence-electron chi connectivity index (χ4n) is 4.48. The highest BCUT2D eigenvalue weighted by atomic mass is 16.4. The second kappa shape index (κ2) is 57.7. The number of benzene rings is 3. The molecule has 0 aliphatic rings. The number of aliphatic carboxylic acids is 9. The summed E-state index contributed by atoms with van der Waals surface area (Å²) in [5, 5.41) is 101. The van der Waals surface area contributed by atoms with Gasteiger partial charge in [-0.05, 0) is 39.8 Å². The van der Waals surface area contributed by atoms with Crippen molar-refractivity contribution in [3.63, 3.8) is 0 Å². The highest BCUT2D eigenvalue weighted by Crippen LogP contribution is 2.16. The number of carboxylic acids is 10. The minimum atomic E-state index is -2.49. The molecule has 0 aliphatic heterocycles. The van der Waals surface area contributed by atoms with Crippen molar-refractivity contribution in [3.05, 3.63) is 120 Å². The molecule has 4 atom stereocenters. The van der Waals surface area contributed by atoms with E-state index in [1.165, 1.54) is 19.4 Å². The van der Waals surface area contributed by atoms with E-state index in [0.29, 0.717) is 11.6 Å². The first-order valence-electron chi connectivity index (χ1n) is 21.8. The molecule has 33 nitrogen and oxygen atoms in total. The van der Waals surface area contributed by atoms with Gasteiger partial charge in [0.1, 0.15) is 23.3 Å². The molecular weight excluding hydrogens is 1140 g/mol. The molecule has 12 N–H and O–H groups in total. The molecular formula is C51H56O33. The van der Waals surface area contributed by atoms with E-state index in [9.17, 15) is 67.4 Å². The number of rotatable bonds is 20. The Morgan fingerprint density at radius 1 is 0.464 bits per heavy atom. The summed E-state index contributed by atoms with van der Waals surface area (Å²) in [5.41, 5.74) is -1.24. The number of carbonyl (C=O) groups is 13. The molecule has 3 rings (SSSR count). The van der Waals surface area contributed by atoms with Crippen molar-refractivity contribution in [2.24, 2.45) is 11.8 Å². The largest absolute Gasteiger partial charge is 0.481 e. The van der Waals surface area contributed by atoms with Crippen molar-refractivity contribution in [2.75, 3.05) is 0 Å². The average Bonchev–Trinajstić information content (AvgIpc) is 3.37. The summed E-state index contributed by atoms with van der Waals surface area (Å²) in [6, 6.07) is 30.6. The lowest BCUT2D eigenvalue weighted by Gasteiger charge is -2.19. The maximum atomic E-state index is 10.5. The number of carboxylic acid groups (broad SMARTS) is 10. The van der Waals surface area contributed by atoms with Crippen LogP contribution < -0.4 is 0 Å². The molecule has 33 heteroatoms. The Bertz CT molecular complexity index is 2560. The average molecular weight is 1200 g/mol. The maximum Gasteiger partial charge on any atom is 0.373 e. The molecule has 458 valence electrons. The number of hydrogen-bond acceptors (Lipinski definition) is 23. The lowest BCUT2D eigenvalue weighted by Crippen LogP contribution is -2.42. The SMILES string of the molecule is CC(=O)C/C(=C/C(=O)O)C(=O)O.CC(=O)CC(CC(=O)O)C(=O)O.CC(=O)CC(O)(CC(=O)O)C(=O)O.Cc1ccccc1.O=C(O)CC(C(=O)O)C(O)C(=O)O.O=C(O)c1ccccc1.O=C=O.O=C=O.O=C=O.O=C=O.c1ccccc1. The zero-order valence-corrected chi connectivity index (χ0v) is 44.2. The number of aliphatic hydroxyl groups is 2. The highest BCUT2D eigenvalue weighted by molar-refractivity contribution is 5.99. The summed E-state index contributed by atoms with van der Waals surface area (Å²) >= 11 is 0. The fraction of sp³-hybridized carbons (Fsp3) is 0.275. The zero-order chi connectivity index (χ0) is 67.6. The monoisotopic (exact) mass is 1200 g/mol. The third-order valence-electron chi connectivity index (χ3n) is 7.67. The molecule has 0 aliphatic carbocycles. The molecule has 3 aromatic rings. The van der Waals surface area contributed by atoms with Gasteiger partial charge in [-0.3, -0.25) is 33.6 Å². The lowest BCUT2D eigenvalue weighted by atomic mass is 9.94. The van der Waals surface area contributed by atoms with E-state index in [1.54, 1.807) is 30.3 Å². The number of aromatic carboxylic acids is 1. The molecule has 84 heavy (non-hydrogen) atoms. The molecule has 0 heterocycles. The number of carbonyl (C=O) groups excluding carboxylic acids is 11. The normalized spacial score (nSPS) is 10.4. The van der Waals surface area contributed by atoms with Gasteiger partial charge in [0, 0.05) is 25.3 Å². The van der Waals surface area contributed by atoms with E-state index < -0.39 is 120 Å². The third-order valence-corrected chi connectivity index (χ3v) is 7.67. The van der Waals surface area contributed by atoms with E-state index in [-0.39, 0.29) is 49.0 Å². The van der Waals surface area contributed by atoms with Crippen LogP contribution >= 0.6 is 0 Å². The van der Waals surface area contributed by atoms with Crippen molar-refractivity contribution in [1.29, 1.82) is 0 Å². The van der Waals surface area contributed by atoms with Crippen molar-refractivity contribution in [1.82, 2.24) is 0 Å². The van der Waals surface area contributed by atoms with Crippen LogP contribution in [0.2, 0.25) is 0 Å². The number of ketones is 3. The first-order valence-corrected chi connectivity index (χ1v) is 21.8. The zero-order valence-electron chi connectivity index (χ0n) is 44.2. The Morgan fingerprint density at radius 3 is 1.02 bits per heavy atom. The van der Waals surface area contributed by atoms with Gasteiger partial charge in [-0.25, -0.2) is 24.0 Å². The molecule has 0 aromatic heterocycles. The molecule has 0 radical (unpaired) electrons. The summed E-state index contributed by atoms with van der Waals surface area (Å²) in [5.74, 6) is -18.3.